The van der Waals surface area contributed by atoms with Crippen molar-refractivity contribution in [2.75, 3.05) is 0 Å². The third kappa shape index (κ3) is 2.03. The van der Waals surface area contributed by atoms with Crippen LogP contribution in [-0.2, 0) is 0 Å². The second-order valence-corrected chi connectivity index (χ2v) is 5.75. The molecule has 0 bridgehead atoms. The van der Waals surface area contributed by atoms with Crippen molar-refractivity contribution >= 4 is 21.4 Å². The molecule has 0 aliphatic heterocycles. The third-order valence-corrected chi connectivity index (χ3v) is 3.87. The van der Waals surface area contributed by atoms with Crippen molar-refractivity contribution in [1.82, 2.24) is 24.4 Å². The lowest BCUT2D eigenvalue weighted by Gasteiger charge is -2.16. The van der Waals surface area contributed by atoms with Crippen LogP contribution in [0.25, 0.3) is 5.52 Å². The molecule has 6 nitrogen and oxygen atoms in total. The lowest BCUT2D eigenvalue weighted by Crippen LogP contribution is -2.19. The van der Waals surface area contributed by atoms with Gasteiger partial charge in [0.25, 0.3) is 0 Å². The minimum atomic E-state index is -0.309. The molecule has 0 radical (unpaired) electrons. The smallest absolute Gasteiger partial charge is 0.0896 e. The Morgan fingerprint density at radius 3 is 2.75 bits per heavy atom. The summed E-state index contributed by atoms with van der Waals surface area (Å²) in [4.78, 5) is 4.14. The van der Waals surface area contributed by atoms with Gasteiger partial charge in [-0.05, 0) is 29.8 Å². The van der Waals surface area contributed by atoms with E-state index in [4.69, 9.17) is 5.73 Å². The topological polar surface area (TPSA) is 74.0 Å². The number of nitrogens with two attached hydrogens (primary N) is 1. The number of halogens is 1. The maximum Gasteiger partial charge on any atom is 0.0896 e. The molecule has 3 aromatic rings. The normalized spacial score (nSPS) is 13.2. The van der Waals surface area contributed by atoms with Crippen LogP contribution in [0.3, 0.4) is 0 Å². The van der Waals surface area contributed by atoms with Crippen LogP contribution in [0.5, 0.6) is 0 Å². The van der Waals surface area contributed by atoms with Gasteiger partial charge in [-0.25, -0.2) is 4.52 Å². The van der Waals surface area contributed by atoms with Crippen LogP contribution in [0.15, 0.2) is 35.5 Å². The fraction of sp³-hybridized carbons (Fsp3) is 0.308. The summed E-state index contributed by atoms with van der Waals surface area (Å²) in [5.41, 5.74) is 9.22. The average Bonchev–Trinajstić information content (AvgIpc) is 3.01. The van der Waals surface area contributed by atoms with Gasteiger partial charge in [0, 0.05) is 24.0 Å². The highest BCUT2D eigenvalue weighted by Crippen LogP contribution is 2.30. The van der Waals surface area contributed by atoms with Crippen molar-refractivity contribution in [2.45, 2.75) is 25.9 Å². The van der Waals surface area contributed by atoms with E-state index in [1.807, 2.05) is 4.68 Å². The van der Waals surface area contributed by atoms with Crippen molar-refractivity contribution in [3.8, 4) is 0 Å². The summed E-state index contributed by atoms with van der Waals surface area (Å²) < 4.78 is 4.60. The number of nitrogens with zero attached hydrogens (tertiary/aromatic N) is 5. The van der Waals surface area contributed by atoms with Crippen LogP contribution in [0.1, 0.15) is 37.2 Å². The van der Waals surface area contributed by atoms with E-state index in [-0.39, 0.29) is 12.1 Å². The highest BCUT2D eigenvalue weighted by Gasteiger charge is 2.22. The number of aromatic nitrogens is 5. The average molecular weight is 335 g/mol. The molecule has 0 amide bonds. The van der Waals surface area contributed by atoms with Crippen molar-refractivity contribution in [2.24, 2.45) is 5.73 Å². The second-order valence-electron chi connectivity index (χ2n) is 4.90. The molecule has 7 heteroatoms. The Balaban J connectivity index is 2.13. The molecule has 0 fully saturated rings. The molecule has 0 saturated carbocycles. The van der Waals surface area contributed by atoms with E-state index in [0.29, 0.717) is 0 Å². The lowest BCUT2D eigenvalue weighted by molar-refractivity contribution is 0.499. The maximum absolute atomic E-state index is 6.44. The summed E-state index contributed by atoms with van der Waals surface area (Å²) in [6.07, 6.45) is 8.83. The summed E-state index contributed by atoms with van der Waals surface area (Å²) >= 11 is 3.53. The quantitative estimate of drug-likeness (QED) is 0.797. The molecule has 3 aromatic heterocycles. The summed E-state index contributed by atoms with van der Waals surface area (Å²) in [7, 11) is 0. The van der Waals surface area contributed by atoms with Gasteiger partial charge in [0.15, 0.2) is 0 Å². The number of rotatable bonds is 3. The van der Waals surface area contributed by atoms with Gasteiger partial charge in [0.05, 0.1) is 40.3 Å². The molecule has 104 valence electrons. The fourth-order valence-corrected chi connectivity index (χ4v) is 2.81. The zero-order valence-corrected chi connectivity index (χ0v) is 12.8. The number of fused-ring (bicyclic) bond motifs is 1. The zero-order valence-electron chi connectivity index (χ0n) is 11.2. The minimum Gasteiger partial charge on any atom is -0.319 e. The Kier molecular flexibility index (Phi) is 3.31. The van der Waals surface area contributed by atoms with Gasteiger partial charge in [-0.15, -0.1) is 0 Å². The largest absolute Gasteiger partial charge is 0.319 e. The maximum atomic E-state index is 6.44. The van der Waals surface area contributed by atoms with E-state index in [2.05, 4.69) is 45.0 Å². The molecule has 1 unspecified atom stereocenters. The first kappa shape index (κ1) is 13.3. The Bertz CT molecular complexity index is 744. The molecule has 20 heavy (non-hydrogen) atoms. The van der Waals surface area contributed by atoms with Gasteiger partial charge < -0.3 is 5.73 Å². The number of hydrogen-bond donors (Lipinski definition) is 1. The fourth-order valence-electron chi connectivity index (χ4n) is 2.29. The van der Waals surface area contributed by atoms with Crippen LogP contribution < -0.4 is 5.73 Å². The van der Waals surface area contributed by atoms with E-state index >= 15 is 0 Å². The Morgan fingerprint density at radius 1 is 1.20 bits per heavy atom. The lowest BCUT2D eigenvalue weighted by atomic mass is 10.1. The SMILES string of the molecule is CC(C)n1ncc(Br)c1C(N)c1cnn2ccncc12. The van der Waals surface area contributed by atoms with Gasteiger partial charge in [-0.3, -0.25) is 9.67 Å². The molecule has 3 heterocycles. The molecular weight excluding hydrogens is 320 g/mol. The Hall–Kier alpha value is -1.73. The standard InChI is InChI=1S/C13H15BrN6/c1-8(2)20-13(10(14)6-18-20)12(15)9-5-17-19-4-3-16-7-11(9)19/h3-8,12H,15H2,1-2H3. The van der Waals surface area contributed by atoms with E-state index in [0.717, 1.165) is 21.2 Å². The second kappa shape index (κ2) is 4.99. The van der Waals surface area contributed by atoms with E-state index in [1.54, 1.807) is 35.5 Å². The van der Waals surface area contributed by atoms with Crippen LogP contribution >= 0.6 is 15.9 Å². The van der Waals surface area contributed by atoms with Gasteiger partial charge in [-0.2, -0.15) is 10.2 Å². The zero-order chi connectivity index (χ0) is 14.3. The highest BCUT2D eigenvalue weighted by atomic mass is 79.9. The van der Waals surface area contributed by atoms with Gasteiger partial charge in [0.2, 0.25) is 0 Å². The molecule has 0 aliphatic rings. The molecule has 2 N–H and O–H groups in total. The van der Waals surface area contributed by atoms with Crippen molar-refractivity contribution in [3.63, 3.8) is 0 Å². The molecule has 0 aromatic carbocycles. The van der Waals surface area contributed by atoms with Crippen molar-refractivity contribution in [3.05, 3.63) is 46.7 Å². The molecule has 3 rings (SSSR count). The molecule has 0 aliphatic carbocycles. The Morgan fingerprint density at radius 2 is 2.00 bits per heavy atom. The van der Waals surface area contributed by atoms with Crippen LogP contribution in [-0.4, -0.2) is 24.4 Å². The predicted octanol–water partition coefficient (Wildman–Crippen LogP) is 2.32. The number of hydrogen-bond acceptors (Lipinski definition) is 4. The van der Waals surface area contributed by atoms with Crippen LogP contribution in [0.4, 0.5) is 0 Å². The van der Waals surface area contributed by atoms with Crippen LogP contribution in [0.2, 0.25) is 0 Å². The monoisotopic (exact) mass is 334 g/mol. The first-order chi connectivity index (χ1) is 9.59. The molecule has 0 saturated heterocycles. The third-order valence-electron chi connectivity index (χ3n) is 3.26. The van der Waals surface area contributed by atoms with Crippen molar-refractivity contribution in [1.29, 1.82) is 0 Å². The molecule has 0 spiro atoms. The van der Waals surface area contributed by atoms with E-state index in [1.165, 1.54) is 0 Å². The summed E-state index contributed by atoms with van der Waals surface area (Å²) in [6, 6.07) is -0.0710. The van der Waals surface area contributed by atoms with Crippen LogP contribution in [0, 0.1) is 0 Å². The summed E-state index contributed by atoms with van der Waals surface area (Å²) in [5.74, 6) is 0. The predicted molar refractivity (Wildman–Crippen MR) is 79.3 cm³/mol. The van der Waals surface area contributed by atoms with Crippen molar-refractivity contribution < 1.29 is 0 Å². The highest BCUT2D eigenvalue weighted by molar-refractivity contribution is 9.10. The first-order valence-electron chi connectivity index (χ1n) is 6.35. The van der Waals surface area contributed by atoms with Gasteiger partial charge in [-0.1, -0.05) is 0 Å². The first-order valence-corrected chi connectivity index (χ1v) is 7.14. The molecular formula is C13H15BrN6. The van der Waals surface area contributed by atoms with E-state index in [9.17, 15) is 0 Å². The Labute approximate surface area is 124 Å². The van der Waals surface area contributed by atoms with Gasteiger partial charge in [0.1, 0.15) is 0 Å². The minimum absolute atomic E-state index is 0.238. The van der Waals surface area contributed by atoms with E-state index < -0.39 is 0 Å². The summed E-state index contributed by atoms with van der Waals surface area (Å²) in [5, 5.41) is 8.68. The van der Waals surface area contributed by atoms with Gasteiger partial charge >= 0.3 is 0 Å². The summed E-state index contributed by atoms with van der Waals surface area (Å²) in [6.45, 7) is 4.15. The molecule has 1 atom stereocenters.